The van der Waals surface area contributed by atoms with E-state index in [1.165, 1.54) is 28.2 Å². The van der Waals surface area contributed by atoms with E-state index < -0.39 is 0 Å². The monoisotopic (exact) mass is 340 g/mol. The Morgan fingerprint density at radius 2 is 2.20 bits per heavy atom. The Bertz CT molecular complexity index is 754. The molecular formula is C20H28N4O. The molecule has 0 aliphatic carbocycles. The van der Waals surface area contributed by atoms with Crippen molar-refractivity contribution in [3.8, 4) is 5.75 Å². The maximum absolute atomic E-state index is 5.86. The molecule has 134 valence electrons. The number of hydrogen-bond acceptors (Lipinski definition) is 4. The maximum Gasteiger partial charge on any atom is 0.143 e. The Morgan fingerprint density at radius 3 is 3.04 bits per heavy atom. The number of hydrogen-bond donors (Lipinski definition) is 1. The number of nitrogens with zero attached hydrogens (tertiary/aromatic N) is 3. The van der Waals surface area contributed by atoms with Crippen LogP contribution >= 0.6 is 0 Å². The van der Waals surface area contributed by atoms with Crippen LogP contribution in [-0.2, 0) is 19.5 Å². The number of rotatable bonds is 4. The minimum absolute atomic E-state index is 0.521. The number of ether oxygens (including phenoxy) is 1. The standard InChI is InChI=1S/C20H28N4O/c1-4-14(2)20-16-13-24(8-7-17(16)21-22-20)12-15-5-6-18-19(11-15)25-10-9-23(18)3/h5-6,11,14H,4,7-10,12-13H2,1-3H3,(H,21,22). The number of benzene rings is 1. The molecule has 2 aromatic rings. The van der Waals surface area contributed by atoms with Crippen LogP contribution in [0.4, 0.5) is 5.69 Å². The lowest BCUT2D eigenvalue weighted by Crippen LogP contribution is -2.31. The fraction of sp³-hybridized carbons (Fsp3) is 0.550. The summed E-state index contributed by atoms with van der Waals surface area (Å²) in [6.45, 7) is 9.26. The first kappa shape index (κ1) is 16.5. The number of anilines is 1. The van der Waals surface area contributed by atoms with E-state index in [-0.39, 0.29) is 0 Å². The van der Waals surface area contributed by atoms with E-state index in [0.29, 0.717) is 5.92 Å². The van der Waals surface area contributed by atoms with Gasteiger partial charge in [-0.2, -0.15) is 5.10 Å². The molecule has 4 rings (SSSR count). The van der Waals surface area contributed by atoms with Crippen molar-refractivity contribution in [1.29, 1.82) is 0 Å². The fourth-order valence-electron chi connectivity index (χ4n) is 3.87. The van der Waals surface area contributed by atoms with Crippen molar-refractivity contribution in [3.63, 3.8) is 0 Å². The van der Waals surface area contributed by atoms with Crippen LogP contribution in [0.2, 0.25) is 0 Å². The van der Waals surface area contributed by atoms with Gasteiger partial charge in [0.2, 0.25) is 0 Å². The number of H-pyrrole nitrogens is 1. The molecule has 0 radical (unpaired) electrons. The average Bonchev–Trinajstić information content (AvgIpc) is 3.04. The van der Waals surface area contributed by atoms with Crippen molar-refractivity contribution < 1.29 is 4.74 Å². The molecular weight excluding hydrogens is 312 g/mol. The van der Waals surface area contributed by atoms with Gasteiger partial charge in [-0.15, -0.1) is 0 Å². The van der Waals surface area contributed by atoms with Gasteiger partial charge in [0.05, 0.1) is 17.9 Å². The first-order valence-corrected chi connectivity index (χ1v) is 9.41. The molecule has 1 unspecified atom stereocenters. The largest absolute Gasteiger partial charge is 0.490 e. The maximum atomic E-state index is 5.86. The Labute approximate surface area is 150 Å². The van der Waals surface area contributed by atoms with Gasteiger partial charge in [-0.25, -0.2) is 0 Å². The van der Waals surface area contributed by atoms with E-state index in [9.17, 15) is 0 Å². The van der Waals surface area contributed by atoms with Crippen LogP contribution in [0.1, 0.15) is 48.7 Å². The van der Waals surface area contributed by atoms with Crippen molar-refractivity contribution in [1.82, 2.24) is 15.1 Å². The number of nitrogens with one attached hydrogen (secondary N) is 1. The molecule has 5 heteroatoms. The zero-order chi connectivity index (χ0) is 17.4. The minimum atomic E-state index is 0.521. The fourth-order valence-corrected chi connectivity index (χ4v) is 3.87. The highest BCUT2D eigenvalue weighted by Crippen LogP contribution is 2.33. The van der Waals surface area contributed by atoms with Crippen molar-refractivity contribution in [3.05, 3.63) is 40.7 Å². The van der Waals surface area contributed by atoms with Gasteiger partial charge in [0.25, 0.3) is 0 Å². The Hall–Kier alpha value is -2.01. The molecule has 2 aliphatic rings. The molecule has 2 aliphatic heterocycles. The van der Waals surface area contributed by atoms with Crippen LogP contribution in [0, 0.1) is 0 Å². The first-order chi connectivity index (χ1) is 12.2. The molecule has 1 N–H and O–H groups in total. The van der Waals surface area contributed by atoms with Gasteiger partial charge >= 0.3 is 0 Å². The van der Waals surface area contributed by atoms with Gasteiger partial charge in [0.1, 0.15) is 12.4 Å². The summed E-state index contributed by atoms with van der Waals surface area (Å²) in [5, 5.41) is 7.87. The third-order valence-electron chi connectivity index (χ3n) is 5.65. The Kier molecular flexibility index (Phi) is 4.42. The van der Waals surface area contributed by atoms with E-state index in [4.69, 9.17) is 4.74 Å². The van der Waals surface area contributed by atoms with Crippen LogP contribution in [0.15, 0.2) is 18.2 Å². The average molecular weight is 340 g/mol. The van der Waals surface area contributed by atoms with Gasteiger partial charge in [-0.3, -0.25) is 10.00 Å². The zero-order valence-corrected chi connectivity index (χ0v) is 15.5. The molecule has 0 bridgehead atoms. The van der Waals surface area contributed by atoms with E-state index >= 15 is 0 Å². The molecule has 1 atom stereocenters. The third kappa shape index (κ3) is 3.13. The predicted octanol–water partition coefficient (Wildman–Crippen LogP) is 3.31. The molecule has 0 spiro atoms. The molecule has 1 aromatic carbocycles. The summed E-state index contributed by atoms with van der Waals surface area (Å²) in [5.41, 5.74) is 6.55. The summed E-state index contributed by atoms with van der Waals surface area (Å²) in [4.78, 5) is 4.79. The van der Waals surface area contributed by atoms with Crippen molar-refractivity contribution in [2.75, 3.05) is 31.6 Å². The van der Waals surface area contributed by atoms with Crippen LogP contribution < -0.4 is 9.64 Å². The summed E-state index contributed by atoms with van der Waals surface area (Å²) >= 11 is 0. The smallest absolute Gasteiger partial charge is 0.143 e. The topological polar surface area (TPSA) is 44.4 Å². The SMILES string of the molecule is CCC(C)c1n[nH]c2c1CN(Cc1ccc3c(c1)OCCN3C)CC2. The molecule has 25 heavy (non-hydrogen) atoms. The molecule has 0 saturated carbocycles. The van der Waals surface area contributed by atoms with Crippen LogP contribution in [0.25, 0.3) is 0 Å². The Morgan fingerprint density at radius 1 is 1.32 bits per heavy atom. The van der Waals surface area contributed by atoms with Crippen LogP contribution in [0.3, 0.4) is 0 Å². The number of aromatic amines is 1. The molecule has 1 aromatic heterocycles. The van der Waals surface area contributed by atoms with Gasteiger partial charge in [-0.05, 0) is 24.1 Å². The lowest BCUT2D eigenvalue weighted by molar-refractivity contribution is 0.242. The quantitative estimate of drug-likeness (QED) is 0.927. The number of aromatic nitrogens is 2. The predicted molar refractivity (Wildman–Crippen MR) is 100 cm³/mol. The first-order valence-electron chi connectivity index (χ1n) is 9.41. The third-order valence-corrected chi connectivity index (χ3v) is 5.65. The van der Waals surface area contributed by atoms with E-state index in [1.807, 2.05) is 0 Å². The highest BCUT2D eigenvalue weighted by Gasteiger charge is 2.24. The van der Waals surface area contributed by atoms with Gasteiger partial charge < -0.3 is 9.64 Å². The lowest BCUT2D eigenvalue weighted by Gasteiger charge is -2.30. The van der Waals surface area contributed by atoms with Gasteiger partial charge in [0.15, 0.2) is 0 Å². The summed E-state index contributed by atoms with van der Waals surface area (Å²) in [6.07, 6.45) is 2.19. The lowest BCUT2D eigenvalue weighted by atomic mass is 9.96. The van der Waals surface area contributed by atoms with Crippen molar-refractivity contribution in [2.24, 2.45) is 0 Å². The number of likely N-dealkylation sites (N-methyl/N-ethyl adjacent to an activating group) is 1. The van der Waals surface area contributed by atoms with Crippen molar-refractivity contribution >= 4 is 5.69 Å². The second kappa shape index (κ2) is 6.71. The number of fused-ring (bicyclic) bond motifs is 2. The summed E-state index contributed by atoms with van der Waals surface area (Å²) in [7, 11) is 2.13. The molecule has 3 heterocycles. The summed E-state index contributed by atoms with van der Waals surface area (Å²) in [6, 6.07) is 6.65. The second-order valence-electron chi connectivity index (χ2n) is 7.41. The van der Waals surface area contributed by atoms with E-state index in [2.05, 4.69) is 59.1 Å². The Balaban J connectivity index is 1.50. The van der Waals surface area contributed by atoms with E-state index in [1.54, 1.807) is 0 Å². The van der Waals surface area contributed by atoms with Crippen molar-refractivity contribution in [2.45, 2.75) is 45.7 Å². The van der Waals surface area contributed by atoms with E-state index in [0.717, 1.165) is 51.4 Å². The summed E-state index contributed by atoms with van der Waals surface area (Å²) < 4.78 is 5.86. The highest BCUT2D eigenvalue weighted by molar-refractivity contribution is 5.60. The summed E-state index contributed by atoms with van der Waals surface area (Å²) in [5.74, 6) is 1.54. The molecule has 0 saturated heterocycles. The molecule has 0 fully saturated rings. The highest BCUT2D eigenvalue weighted by atomic mass is 16.5. The van der Waals surface area contributed by atoms with Crippen LogP contribution in [0.5, 0.6) is 5.75 Å². The minimum Gasteiger partial charge on any atom is -0.490 e. The normalized spacial score (nSPS) is 18.4. The molecule has 5 nitrogen and oxygen atoms in total. The molecule has 0 amide bonds. The van der Waals surface area contributed by atoms with Crippen LogP contribution in [-0.4, -0.2) is 41.8 Å². The van der Waals surface area contributed by atoms with Gasteiger partial charge in [-0.1, -0.05) is 19.9 Å². The second-order valence-corrected chi connectivity index (χ2v) is 7.41. The zero-order valence-electron chi connectivity index (χ0n) is 15.5. The van der Waals surface area contributed by atoms with Gasteiger partial charge in [0, 0.05) is 50.3 Å².